The molecule has 0 atom stereocenters. The molecule has 29 heavy (non-hydrogen) atoms. The minimum Gasteiger partial charge on any atom is -0.459 e. The summed E-state index contributed by atoms with van der Waals surface area (Å²) in [5.41, 5.74) is 1.25. The molecule has 0 radical (unpaired) electrons. The summed E-state index contributed by atoms with van der Waals surface area (Å²) in [7, 11) is 0. The van der Waals surface area contributed by atoms with E-state index in [2.05, 4.69) is 5.32 Å². The van der Waals surface area contributed by atoms with Crippen molar-refractivity contribution in [1.82, 2.24) is 10.2 Å². The molecule has 0 bridgehead atoms. The molecule has 3 amide bonds. The number of urea groups is 1. The Kier molecular flexibility index (Phi) is 5.46. The minimum absolute atomic E-state index is 0.167. The van der Waals surface area contributed by atoms with Crippen molar-refractivity contribution < 1.29 is 23.5 Å². The van der Waals surface area contributed by atoms with Crippen molar-refractivity contribution in [3.63, 3.8) is 0 Å². The number of nitrogens with one attached hydrogen (secondary N) is 1. The van der Waals surface area contributed by atoms with Crippen LogP contribution in [0.15, 0.2) is 27.4 Å². The second-order valence-corrected chi connectivity index (χ2v) is 7.25. The quantitative estimate of drug-likeness (QED) is 0.454. The van der Waals surface area contributed by atoms with E-state index in [9.17, 15) is 19.2 Å². The van der Waals surface area contributed by atoms with Crippen molar-refractivity contribution in [2.24, 2.45) is 0 Å². The smallest absolute Gasteiger partial charge is 0.336 e. The van der Waals surface area contributed by atoms with E-state index in [1.165, 1.54) is 6.07 Å². The predicted molar refractivity (Wildman–Crippen MR) is 105 cm³/mol. The summed E-state index contributed by atoms with van der Waals surface area (Å²) in [6, 6.07) is 4.37. The summed E-state index contributed by atoms with van der Waals surface area (Å²) in [5, 5.41) is 3.34. The number of hydrogen-bond acceptors (Lipinski definition) is 6. The molecule has 2 aromatic rings. The highest BCUT2D eigenvalue weighted by Gasteiger charge is 2.49. The van der Waals surface area contributed by atoms with Crippen LogP contribution in [0.1, 0.15) is 43.4 Å². The van der Waals surface area contributed by atoms with Crippen molar-refractivity contribution >= 4 is 28.9 Å². The van der Waals surface area contributed by atoms with Crippen molar-refractivity contribution in [3.8, 4) is 0 Å². The van der Waals surface area contributed by atoms with Gasteiger partial charge in [0.1, 0.15) is 24.3 Å². The molecule has 1 aromatic heterocycles. The van der Waals surface area contributed by atoms with Gasteiger partial charge < -0.3 is 14.5 Å². The van der Waals surface area contributed by atoms with Gasteiger partial charge in [0, 0.05) is 17.0 Å². The Bertz CT molecular complexity index is 1050. The molecule has 154 valence electrons. The fourth-order valence-electron chi connectivity index (χ4n) is 3.53. The first-order chi connectivity index (χ1) is 13.7. The molecule has 0 unspecified atom stereocenters. The largest absolute Gasteiger partial charge is 0.459 e. The zero-order valence-electron chi connectivity index (χ0n) is 17.0. The van der Waals surface area contributed by atoms with Crippen molar-refractivity contribution in [1.29, 1.82) is 0 Å². The van der Waals surface area contributed by atoms with Gasteiger partial charge in [0.2, 0.25) is 0 Å². The van der Waals surface area contributed by atoms with Gasteiger partial charge in [-0.2, -0.15) is 0 Å². The minimum atomic E-state index is -0.971. The summed E-state index contributed by atoms with van der Waals surface area (Å²) in [6.07, 6.45) is 0.869. The first-order valence-electron chi connectivity index (χ1n) is 9.55. The number of fused-ring (bicyclic) bond motifs is 1. The summed E-state index contributed by atoms with van der Waals surface area (Å²) in [6.45, 7) is 6.72. The van der Waals surface area contributed by atoms with Gasteiger partial charge in [0.25, 0.3) is 5.91 Å². The molecular weight excluding hydrogens is 376 g/mol. The van der Waals surface area contributed by atoms with Crippen LogP contribution >= 0.6 is 0 Å². The molecule has 1 aliphatic rings. The number of imide groups is 1. The van der Waals surface area contributed by atoms with Crippen LogP contribution in [-0.4, -0.2) is 34.9 Å². The molecule has 2 heterocycles. The van der Waals surface area contributed by atoms with Crippen LogP contribution in [0.3, 0.4) is 0 Å². The maximum Gasteiger partial charge on any atom is 0.336 e. The third-order valence-electron chi connectivity index (χ3n) is 5.65. The van der Waals surface area contributed by atoms with Crippen LogP contribution in [0.4, 0.5) is 4.79 Å². The fourth-order valence-corrected chi connectivity index (χ4v) is 3.53. The van der Waals surface area contributed by atoms with E-state index in [1.807, 2.05) is 19.9 Å². The van der Waals surface area contributed by atoms with Crippen molar-refractivity contribution in [2.75, 3.05) is 6.54 Å². The molecule has 1 saturated heterocycles. The van der Waals surface area contributed by atoms with Gasteiger partial charge in [0.05, 0.1) is 0 Å². The predicted octanol–water partition coefficient (Wildman–Crippen LogP) is 2.56. The Morgan fingerprint density at radius 1 is 1.17 bits per heavy atom. The monoisotopic (exact) mass is 400 g/mol. The van der Waals surface area contributed by atoms with Crippen LogP contribution in [-0.2, 0) is 20.9 Å². The van der Waals surface area contributed by atoms with Crippen LogP contribution < -0.4 is 10.9 Å². The first kappa shape index (κ1) is 20.6. The van der Waals surface area contributed by atoms with Gasteiger partial charge in [-0.05, 0) is 37.8 Å². The Hall–Kier alpha value is -3.16. The molecule has 1 fully saturated rings. The lowest BCUT2D eigenvalue weighted by atomic mass is 9.93. The number of carbonyl (C=O) groups is 3. The van der Waals surface area contributed by atoms with E-state index in [4.69, 9.17) is 9.15 Å². The van der Waals surface area contributed by atoms with Gasteiger partial charge >= 0.3 is 17.6 Å². The molecule has 1 aromatic carbocycles. The molecule has 0 spiro atoms. The topological polar surface area (TPSA) is 106 Å². The van der Waals surface area contributed by atoms with Gasteiger partial charge in [-0.25, -0.2) is 9.59 Å². The zero-order chi connectivity index (χ0) is 21.3. The number of aryl methyl sites for hydroxylation is 2. The summed E-state index contributed by atoms with van der Waals surface area (Å²) >= 11 is 0. The molecule has 8 nitrogen and oxygen atoms in total. The Morgan fingerprint density at radius 3 is 2.48 bits per heavy atom. The number of carbonyl (C=O) groups excluding carboxylic acids is 3. The lowest BCUT2D eigenvalue weighted by Gasteiger charge is -2.22. The number of benzene rings is 1. The number of rotatable bonds is 6. The normalized spacial score (nSPS) is 15.7. The van der Waals surface area contributed by atoms with E-state index in [0.717, 1.165) is 16.0 Å². The Morgan fingerprint density at radius 2 is 1.86 bits per heavy atom. The molecule has 1 aliphatic heterocycles. The van der Waals surface area contributed by atoms with Crippen LogP contribution in [0, 0.1) is 13.8 Å². The van der Waals surface area contributed by atoms with Gasteiger partial charge in [-0.1, -0.05) is 26.0 Å². The van der Waals surface area contributed by atoms with Crippen LogP contribution in [0.25, 0.3) is 11.0 Å². The van der Waals surface area contributed by atoms with Gasteiger partial charge in [-0.3, -0.25) is 14.5 Å². The fraction of sp³-hybridized carbons (Fsp3) is 0.429. The highest BCUT2D eigenvalue weighted by molar-refractivity contribution is 6.08. The SMILES string of the molecule is CCC1(CC)NC(=O)N(CC(=O)OCc2cc(=O)oc3c(C)c(C)ccc23)C1=O. The number of amides is 3. The average molecular weight is 400 g/mol. The third-order valence-corrected chi connectivity index (χ3v) is 5.65. The maximum atomic E-state index is 12.6. The molecular formula is C21H24N2O6. The maximum absolute atomic E-state index is 12.6. The summed E-state index contributed by atoms with van der Waals surface area (Å²) in [4.78, 5) is 49.8. The second-order valence-electron chi connectivity index (χ2n) is 7.25. The van der Waals surface area contributed by atoms with E-state index < -0.39 is 35.6 Å². The molecule has 0 saturated carbocycles. The van der Waals surface area contributed by atoms with Gasteiger partial charge in [0.15, 0.2) is 0 Å². The standard InChI is InChI=1S/C21H24N2O6/c1-5-21(6-2)19(26)23(20(27)22-21)10-17(25)28-11-14-9-16(24)29-18-13(4)12(3)7-8-15(14)18/h7-9H,5-6,10-11H2,1-4H3,(H,22,27). The van der Waals surface area contributed by atoms with E-state index in [1.54, 1.807) is 19.9 Å². The van der Waals surface area contributed by atoms with Crippen LogP contribution in [0.2, 0.25) is 0 Å². The van der Waals surface area contributed by atoms with Crippen LogP contribution in [0.5, 0.6) is 0 Å². The summed E-state index contributed by atoms with van der Waals surface area (Å²) < 4.78 is 10.6. The molecule has 3 rings (SSSR count). The highest BCUT2D eigenvalue weighted by Crippen LogP contribution is 2.26. The number of esters is 1. The van der Waals surface area contributed by atoms with Crippen molar-refractivity contribution in [3.05, 3.63) is 45.3 Å². The first-order valence-corrected chi connectivity index (χ1v) is 9.55. The summed E-state index contributed by atoms with van der Waals surface area (Å²) in [5.74, 6) is -1.16. The number of nitrogens with zero attached hydrogens (tertiary/aromatic N) is 1. The average Bonchev–Trinajstić information content (AvgIpc) is 2.94. The van der Waals surface area contributed by atoms with Crippen molar-refractivity contribution in [2.45, 2.75) is 52.7 Å². The zero-order valence-corrected chi connectivity index (χ0v) is 17.0. The highest BCUT2D eigenvalue weighted by atomic mass is 16.5. The van der Waals surface area contributed by atoms with E-state index in [0.29, 0.717) is 29.4 Å². The Balaban J connectivity index is 1.75. The molecule has 8 heteroatoms. The molecule has 1 N–H and O–H groups in total. The van der Waals surface area contributed by atoms with E-state index >= 15 is 0 Å². The third kappa shape index (κ3) is 3.62. The number of hydrogen-bond donors (Lipinski definition) is 1. The lowest BCUT2D eigenvalue weighted by molar-refractivity contribution is -0.148. The van der Waals surface area contributed by atoms with E-state index in [-0.39, 0.29) is 6.61 Å². The number of ether oxygens (including phenoxy) is 1. The van der Waals surface area contributed by atoms with Gasteiger partial charge in [-0.15, -0.1) is 0 Å². The second kappa shape index (κ2) is 7.69. The lowest BCUT2D eigenvalue weighted by Crippen LogP contribution is -2.46. The molecule has 0 aliphatic carbocycles. The Labute approximate surface area is 167 Å².